The number of nitrogens with one attached hydrogen (secondary N) is 1. The standard InChI is InChI=1S/C23H23FN2O/c1-16-8-11-19(12-9-16)23(18-6-4-3-5-7-18)25-15-22(27)26-21-13-10-17(2)14-20(21)24/h3-14,23,25H,15H2,1-2H3,(H,26,27)/p+1/t23-/m1/s1. The van der Waals surface area contributed by atoms with E-state index in [9.17, 15) is 9.18 Å². The molecule has 0 aliphatic carbocycles. The van der Waals surface area contributed by atoms with Crippen molar-refractivity contribution in [2.45, 2.75) is 19.9 Å². The zero-order chi connectivity index (χ0) is 19.2. The van der Waals surface area contributed by atoms with E-state index in [1.165, 1.54) is 11.6 Å². The monoisotopic (exact) mass is 363 g/mol. The van der Waals surface area contributed by atoms with Crippen LogP contribution in [0.2, 0.25) is 0 Å². The summed E-state index contributed by atoms with van der Waals surface area (Å²) in [6.07, 6.45) is 0. The van der Waals surface area contributed by atoms with Crippen molar-refractivity contribution in [2.24, 2.45) is 0 Å². The molecule has 0 saturated heterocycles. The minimum atomic E-state index is -0.415. The quantitative estimate of drug-likeness (QED) is 0.689. The predicted octanol–water partition coefficient (Wildman–Crippen LogP) is 3.73. The molecule has 3 aromatic rings. The molecule has 0 aliphatic heterocycles. The summed E-state index contributed by atoms with van der Waals surface area (Å²) in [4.78, 5) is 12.4. The lowest BCUT2D eigenvalue weighted by atomic mass is 9.98. The number of benzene rings is 3. The maximum atomic E-state index is 14.0. The van der Waals surface area contributed by atoms with Gasteiger partial charge in [0.05, 0.1) is 5.69 Å². The molecular formula is C23H24FN2O+. The molecule has 0 heterocycles. The summed E-state index contributed by atoms with van der Waals surface area (Å²) < 4.78 is 14.0. The number of halogens is 1. The van der Waals surface area contributed by atoms with Crippen LogP contribution in [0.4, 0.5) is 10.1 Å². The van der Waals surface area contributed by atoms with Crippen molar-refractivity contribution in [1.82, 2.24) is 0 Å². The second kappa shape index (κ2) is 8.60. The van der Waals surface area contributed by atoms with Crippen LogP contribution < -0.4 is 10.6 Å². The molecule has 0 radical (unpaired) electrons. The second-order valence-electron chi connectivity index (χ2n) is 6.77. The third-order valence-corrected chi connectivity index (χ3v) is 4.53. The van der Waals surface area contributed by atoms with Crippen LogP contribution in [0.15, 0.2) is 72.8 Å². The Hall–Kier alpha value is -2.98. The highest BCUT2D eigenvalue weighted by molar-refractivity contribution is 5.91. The lowest BCUT2D eigenvalue weighted by Crippen LogP contribution is -2.87. The molecule has 0 bridgehead atoms. The molecule has 3 rings (SSSR count). The molecule has 3 nitrogen and oxygen atoms in total. The maximum absolute atomic E-state index is 14.0. The van der Waals surface area contributed by atoms with Gasteiger partial charge >= 0.3 is 0 Å². The first kappa shape index (κ1) is 18.8. The summed E-state index contributed by atoms with van der Waals surface area (Å²) >= 11 is 0. The van der Waals surface area contributed by atoms with Gasteiger partial charge in [0.2, 0.25) is 0 Å². The summed E-state index contributed by atoms with van der Waals surface area (Å²) in [7, 11) is 0. The Morgan fingerprint density at radius 3 is 2.22 bits per heavy atom. The Labute approximate surface area is 159 Å². The minimum absolute atomic E-state index is 0.000384. The van der Waals surface area contributed by atoms with Crippen molar-refractivity contribution >= 4 is 11.6 Å². The van der Waals surface area contributed by atoms with E-state index < -0.39 is 5.82 Å². The van der Waals surface area contributed by atoms with Gasteiger partial charge in [-0.2, -0.15) is 0 Å². The van der Waals surface area contributed by atoms with E-state index in [4.69, 9.17) is 0 Å². The third-order valence-electron chi connectivity index (χ3n) is 4.53. The first-order valence-corrected chi connectivity index (χ1v) is 9.04. The van der Waals surface area contributed by atoms with E-state index in [1.54, 1.807) is 12.1 Å². The van der Waals surface area contributed by atoms with Crippen LogP contribution in [0.25, 0.3) is 0 Å². The molecule has 1 amide bonds. The van der Waals surface area contributed by atoms with Crippen LogP contribution in [0.3, 0.4) is 0 Å². The zero-order valence-corrected chi connectivity index (χ0v) is 15.6. The Bertz CT molecular complexity index is 907. The van der Waals surface area contributed by atoms with Gasteiger partial charge in [-0.1, -0.05) is 66.2 Å². The second-order valence-corrected chi connectivity index (χ2v) is 6.77. The van der Waals surface area contributed by atoms with E-state index in [1.807, 2.05) is 30.4 Å². The van der Waals surface area contributed by atoms with Crippen molar-refractivity contribution in [3.8, 4) is 0 Å². The molecule has 0 spiro atoms. The summed E-state index contributed by atoms with van der Waals surface area (Å²) in [6, 6.07) is 23.2. The number of carbonyl (C=O) groups is 1. The topological polar surface area (TPSA) is 45.7 Å². The van der Waals surface area contributed by atoms with Crippen LogP contribution in [-0.2, 0) is 4.79 Å². The number of quaternary nitrogens is 1. The highest BCUT2D eigenvalue weighted by Crippen LogP contribution is 2.19. The van der Waals surface area contributed by atoms with Gasteiger partial charge in [-0.3, -0.25) is 4.79 Å². The van der Waals surface area contributed by atoms with Gasteiger partial charge in [-0.15, -0.1) is 0 Å². The Kier molecular flexibility index (Phi) is 5.99. The molecule has 138 valence electrons. The Morgan fingerprint density at radius 2 is 1.56 bits per heavy atom. The van der Waals surface area contributed by atoms with Gasteiger partial charge in [0, 0.05) is 11.1 Å². The van der Waals surface area contributed by atoms with Crippen LogP contribution in [0.1, 0.15) is 28.3 Å². The number of aryl methyl sites for hydroxylation is 2. The highest BCUT2D eigenvalue weighted by Gasteiger charge is 2.19. The smallest absolute Gasteiger partial charge is 0.279 e. The summed E-state index contributed by atoms with van der Waals surface area (Å²) in [5.41, 5.74) is 4.47. The molecule has 0 saturated carbocycles. The number of anilines is 1. The summed E-state index contributed by atoms with van der Waals surface area (Å²) in [5, 5.41) is 4.63. The van der Waals surface area contributed by atoms with Gasteiger partial charge < -0.3 is 10.6 Å². The van der Waals surface area contributed by atoms with Crippen LogP contribution in [0, 0.1) is 19.7 Å². The van der Waals surface area contributed by atoms with Crippen LogP contribution >= 0.6 is 0 Å². The van der Waals surface area contributed by atoms with Crippen molar-refractivity contribution in [2.75, 3.05) is 11.9 Å². The lowest BCUT2D eigenvalue weighted by Gasteiger charge is -2.17. The summed E-state index contributed by atoms with van der Waals surface area (Å²) in [5.74, 6) is -0.646. The van der Waals surface area contributed by atoms with Gasteiger partial charge in [-0.05, 0) is 31.5 Å². The van der Waals surface area contributed by atoms with E-state index in [0.29, 0.717) is 0 Å². The molecule has 27 heavy (non-hydrogen) atoms. The Balaban J connectivity index is 1.72. The van der Waals surface area contributed by atoms with Crippen LogP contribution in [-0.4, -0.2) is 12.5 Å². The first-order chi connectivity index (χ1) is 13.0. The van der Waals surface area contributed by atoms with E-state index in [0.717, 1.165) is 16.7 Å². The molecule has 0 aromatic heterocycles. The Morgan fingerprint density at radius 1 is 0.926 bits per heavy atom. The summed E-state index contributed by atoms with van der Waals surface area (Å²) in [6.45, 7) is 4.06. The fraction of sp³-hybridized carbons (Fsp3) is 0.174. The van der Waals surface area contributed by atoms with E-state index in [-0.39, 0.29) is 24.2 Å². The van der Waals surface area contributed by atoms with Crippen molar-refractivity contribution < 1.29 is 14.5 Å². The predicted molar refractivity (Wildman–Crippen MR) is 106 cm³/mol. The van der Waals surface area contributed by atoms with Crippen molar-refractivity contribution in [3.05, 3.63) is 101 Å². The van der Waals surface area contributed by atoms with Gasteiger partial charge in [-0.25, -0.2) is 4.39 Å². The van der Waals surface area contributed by atoms with Gasteiger partial charge in [0.1, 0.15) is 11.9 Å². The first-order valence-electron chi connectivity index (χ1n) is 9.04. The highest BCUT2D eigenvalue weighted by atomic mass is 19.1. The molecule has 4 heteroatoms. The largest absolute Gasteiger partial charge is 0.328 e. The molecule has 0 fully saturated rings. The van der Waals surface area contributed by atoms with Gasteiger partial charge in [0.15, 0.2) is 6.54 Å². The third kappa shape index (κ3) is 5.02. The zero-order valence-electron chi connectivity index (χ0n) is 15.6. The lowest BCUT2D eigenvalue weighted by molar-refractivity contribution is -0.676. The molecule has 3 N–H and O–H groups in total. The SMILES string of the molecule is Cc1ccc([C@H]([NH2+]CC(=O)Nc2ccc(C)cc2F)c2ccccc2)cc1. The number of hydrogen-bond acceptors (Lipinski definition) is 1. The van der Waals surface area contributed by atoms with Crippen molar-refractivity contribution in [3.63, 3.8) is 0 Å². The maximum Gasteiger partial charge on any atom is 0.279 e. The molecular weight excluding hydrogens is 339 g/mol. The molecule has 0 aliphatic rings. The average molecular weight is 363 g/mol. The van der Waals surface area contributed by atoms with Gasteiger partial charge in [0.25, 0.3) is 5.91 Å². The minimum Gasteiger partial charge on any atom is -0.328 e. The van der Waals surface area contributed by atoms with Crippen LogP contribution in [0.5, 0.6) is 0 Å². The number of carbonyl (C=O) groups excluding carboxylic acids is 1. The molecule has 1 atom stereocenters. The van der Waals surface area contributed by atoms with Crippen molar-refractivity contribution in [1.29, 1.82) is 0 Å². The normalized spacial score (nSPS) is 11.8. The van der Waals surface area contributed by atoms with E-state index >= 15 is 0 Å². The number of hydrogen-bond donors (Lipinski definition) is 2. The molecule has 0 unspecified atom stereocenters. The van der Waals surface area contributed by atoms with E-state index in [2.05, 4.69) is 48.6 Å². The molecule has 3 aromatic carbocycles. The number of rotatable bonds is 6. The number of amides is 1. The number of nitrogens with two attached hydrogens (primary N) is 1. The average Bonchev–Trinajstić information content (AvgIpc) is 2.66. The fourth-order valence-electron chi connectivity index (χ4n) is 3.05. The fourth-order valence-corrected chi connectivity index (χ4v) is 3.05.